The van der Waals surface area contributed by atoms with Crippen LogP contribution in [0.4, 0.5) is 0 Å². The van der Waals surface area contributed by atoms with Gasteiger partial charge in [-0.05, 0) is 18.8 Å². The highest BCUT2D eigenvalue weighted by Crippen LogP contribution is 2.67. The van der Waals surface area contributed by atoms with E-state index in [2.05, 4.69) is 0 Å². The van der Waals surface area contributed by atoms with Gasteiger partial charge in [0.15, 0.2) is 6.10 Å². The molecule has 0 aromatic rings. The van der Waals surface area contributed by atoms with Crippen LogP contribution in [0.1, 0.15) is 40.0 Å². The molecule has 2 bridgehead atoms. The summed E-state index contributed by atoms with van der Waals surface area (Å²) in [6, 6.07) is 0. The van der Waals surface area contributed by atoms with Crippen molar-refractivity contribution in [1.82, 2.24) is 0 Å². The largest absolute Gasteiger partial charge is 0.463 e. The van der Waals surface area contributed by atoms with Crippen molar-refractivity contribution in [1.29, 1.82) is 0 Å². The molecule has 3 unspecified atom stereocenters. The normalized spacial score (nSPS) is 55.1. The molecule has 6 atom stereocenters. The van der Waals surface area contributed by atoms with Gasteiger partial charge in [-0.3, -0.25) is 4.79 Å². The summed E-state index contributed by atoms with van der Waals surface area (Å²) in [5.74, 6) is -1.18. The van der Waals surface area contributed by atoms with Crippen LogP contribution in [-0.4, -0.2) is 40.3 Å². The lowest BCUT2D eigenvalue weighted by atomic mass is 9.47. The highest BCUT2D eigenvalue weighted by atomic mass is 16.6. The Morgan fingerprint density at radius 2 is 1.95 bits per heavy atom. The minimum absolute atomic E-state index is 0.00303. The zero-order valence-electron chi connectivity index (χ0n) is 12.2. The molecule has 5 nitrogen and oxygen atoms in total. The van der Waals surface area contributed by atoms with Crippen LogP contribution < -0.4 is 0 Å². The minimum atomic E-state index is -1.43. The number of aliphatic hydroxyl groups excluding tert-OH is 1. The van der Waals surface area contributed by atoms with Crippen LogP contribution in [0.2, 0.25) is 0 Å². The predicted molar refractivity (Wildman–Crippen MR) is 69.6 cm³/mol. The molecule has 3 aliphatic rings. The number of ketones is 1. The lowest BCUT2D eigenvalue weighted by Crippen LogP contribution is -2.68. The van der Waals surface area contributed by atoms with Gasteiger partial charge in [-0.15, -0.1) is 0 Å². The Balaban J connectivity index is 2.28. The van der Waals surface area contributed by atoms with Crippen LogP contribution in [-0.2, 0) is 14.3 Å². The second kappa shape index (κ2) is 3.83. The lowest BCUT2D eigenvalue weighted by molar-refractivity contribution is -0.224. The van der Waals surface area contributed by atoms with E-state index in [1.54, 1.807) is 6.92 Å². The fourth-order valence-corrected chi connectivity index (χ4v) is 4.96. The Bertz CT molecular complexity index is 489. The van der Waals surface area contributed by atoms with Gasteiger partial charge >= 0.3 is 5.97 Å². The maximum absolute atomic E-state index is 12.5. The van der Waals surface area contributed by atoms with Crippen LogP contribution in [0.5, 0.6) is 0 Å². The third-order valence-corrected chi connectivity index (χ3v) is 6.66. The van der Waals surface area contributed by atoms with E-state index in [0.717, 1.165) is 0 Å². The Labute approximate surface area is 118 Å². The van der Waals surface area contributed by atoms with Crippen molar-refractivity contribution in [2.45, 2.75) is 51.7 Å². The number of carbonyl (C=O) groups is 2. The third kappa shape index (κ3) is 1.22. The standard InChI is InChI=1S/C15H22O5/c1-8-4-5-15(19)13(3)7-20-12(18)11(17)14(8,15)6-10(16)9(13)2/h8-9,11,17,19H,4-7H2,1-3H3/t8?,9?,11-,13+,14?,15-/m0/s1. The van der Waals surface area contributed by atoms with E-state index in [0.29, 0.717) is 12.8 Å². The Kier molecular flexibility index (Phi) is 2.68. The summed E-state index contributed by atoms with van der Waals surface area (Å²) in [5.41, 5.74) is -3.17. The molecule has 2 saturated carbocycles. The second-order valence-corrected chi connectivity index (χ2v) is 7.13. The molecule has 0 aromatic heterocycles. The molecule has 2 N–H and O–H groups in total. The molecule has 3 fully saturated rings. The van der Waals surface area contributed by atoms with Gasteiger partial charge in [-0.1, -0.05) is 20.8 Å². The molecule has 1 heterocycles. The van der Waals surface area contributed by atoms with Gasteiger partial charge in [0.25, 0.3) is 0 Å². The SMILES string of the molecule is CC1CC[C@@]2(O)C13CC(=O)C(C)[C@@]2(C)COC(=O)[C@@H]3O. The summed E-state index contributed by atoms with van der Waals surface area (Å²) in [6.07, 6.45) is -0.173. The number of cyclic esters (lactones) is 1. The molecule has 3 rings (SSSR count). The van der Waals surface area contributed by atoms with Crippen molar-refractivity contribution in [3.8, 4) is 0 Å². The van der Waals surface area contributed by atoms with E-state index >= 15 is 0 Å². The molecule has 5 heteroatoms. The van der Waals surface area contributed by atoms with E-state index in [9.17, 15) is 19.8 Å². The maximum Gasteiger partial charge on any atom is 0.335 e. The number of esters is 1. The highest BCUT2D eigenvalue weighted by Gasteiger charge is 2.75. The smallest absolute Gasteiger partial charge is 0.335 e. The fourth-order valence-electron chi connectivity index (χ4n) is 4.96. The van der Waals surface area contributed by atoms with E-state index in [1.165, 1.54) is 0 Å². The predicted octanol–water partition coefficient (Wildman–Crippen LogP) is 0.667. The average molecular weight is 282 g/mol. The van der Waals surface area contributed by atoms with Crippen molar-refractivity contribution in [3.05, 3.63) is 0 Å². The number of hydrogen-bond donors (Lipinski definition) is 2. The van der Waals surface area contributed by atoms with E-state index in [-0.39, 0.29) is 30.6 Å². The first-order valence-electron chi connectivity index (χ1n) is 7.30. The van der Waals surface area contributed by atoms with Gasteiger partial charge in [-0.25, -0.2) is 4.79 Å². The fraction of sp³-hybridized carbons (Fsp3) is 0.867. The van der Waals surface area contributed by atoms with Crippen LogP contribution in [0.15, 0.2) is 0 Å². The molecule has 0 amide bonds. The lowest BCUT2D eigenvalue weighted by Gasteiger charge is -2.58. The van der Waals surface area contributed by atoms with Crippen molar-refractivity contribution in [2.24, 2.45) is 22.7 Å². The summed E-state index contributed by atoms with van der Waals surface area (Å²) in [6.45, 7) is 5.50. The van der Waals surface area contributed by atoms with E-state index in [1.807, 2.05) is 13.8 Å². The van der Waals surface area contributed by atoms with Crippen molar-refractivity contribution in [2.75, 3.05) is 6.61 Å². The molecule has 20 heavy (non-hydrogen) atoms. The van der Waals surface area contributed by atoms with Gasteiger partial charge in [0.2, 0.25) is 0 Å². The molecular formula is C15H22O5. The van der Waals surface area contributed by atoms with Gasteiger partial charge in [0.1, 0.15) is 12.4 Å². The quantitative estimate of drug-likeness (QED) is 0.638. The topological polar surface area (TPSA) is 83.8 Å². The number of aliphatic hydroxyl groups is 2. The van der Waals surface area contributed by atoms with Crippen LogP contribution in [0.25, 0.3) is 0 Å². The maximum atomic E-state index is 12.5. The molecule has 0 radical (unpaired) electrons. The molecule has 0 aromatic carbocycles. The Hall–Kier alpha value is -0.940. The van der Waals surface area contributed by atoms with Crippen LogP contribution >= 0.6 is 0 Å². The third-order valence-electron chi connectivity index (χ3n) is 6.66. The van der Waals surface area contributed by atoms with Crippen LogP contribution in [0, 0.1) is 22.7 Å². The van der Waals surface area contributed by atoms with Gasteiger partial charge in [-0.2, -0.15) is 0 Å². The first kappa shape index (κ1) is 14.0. The Morgan fingerprint density at radius 1 is 1.30 bits per heavy atom. The summed E-state index contributed by atoms with van der Waals surface area (Å²) >= 11 is 0. The monoisotopic (exact) mass is 282 g/mol. The van der Waals surface area contributed by atoms with E-state index in [4.69, 9.17) is 4.74 Å². The first-order valence-corrected chi connectivity index (χ1v) is 7.30. The highest BCUT2D eigenvalue weighted by molar-refractivity contribution is 5.87. The zero-order valence-corrected chi connectivity index (χ0v) is 12.2. The number of hydrogen-bond acceptors (Lipinski definition) is 5. The molecule has 2 aliphatic carbocycles. The number of carbonyl (C=O) groups excluding carboxylic acids is 2. The summed E-state index contributed by atoms with van der Waals surface area (Å²) in [5, 5.41) is 21.9. The summed E-state index contributed by atoms with van der Waals surface area (Å²) < 4.78 is 5.19. The minimum Gasteiger partial charge on any atom is -0.463 e. The second-order valence-electron chi connectivity index (χ2n) is 7.13. The summed E-state index contributed by atoms with van der Waals surface area (Å²) in [7, 11) is 0. The molecule has 1 aliphatic heterocycles. The molecule has 112 valence electrons. The number of rotatable bonds is 0. The first-order chi connectivity index (χ1) is 9.20. The van der Waals surface area contributed by atoms with Crippen molar-refractivity contribution < 1.29 is 24.5 Å². The number of ether oxygens (including phenoxy) is 1. The number of Topliss-reactive ketones (excluding diaryl/α,β-unsaturated/α-hetero) is 1. The van der Waals surface area contributed by atoms with Gasteiger partial charge < -0.3 is 14.9 Å². The van der Waals surface area contributed by atoms with E-state index < -0.39 is 28.5 Å². The van der Waals surface area contributed by atoms with Crippen molar-refractivity contribution >= 4 is 11.8 Å². The zero-order chi connectivity index (χ0) is 14.9. The Morgan fingerprint density at radius 3 is 2.60 bits per heavy atom. The van der Waals surface area contributed by atoms with Gasteiger partial charge in [0, 0.05) is 23.2 Å². The van der Waals surface area contributed by atoms with Crippen molar-refractivity contribution in [3.63, 3.8) is 0 Å². The molecule has 1 saturated heterocycles. The molecule has 0 spiro atoms. The summed E-state index contributed by atoms with van der Waals surface area (Å²) in [4.78, 5) is 24.5. The molecular weight excluding hydrogens is 260 g/mol. The average Bonchev–Trinajstić information content (AvgIpc) is 2.66. The van der Waals surface area contributed by atoms with Crippen LogP contribution in [0.3, 0.4) is 0 Å². The van der Waals surface area contributed by atoms with Gasteiger partial charge in [0.05, 0.1) is 5.60 Å².